The molecule has 0 aliphatic carbocycles. The van der Waals surface area contributed by atoms with Gasteiger partial charge in [0, 0.05) is 19.5 Å². The highest BCUT2D eigenvalue weighted by atomic mass is 16.1. The summed E-state index contributed by atoms with van der Waals surface area (Å²) in [6, 6.07) is 3.32. The van der Waals surface area contributed by atoms with E-state index in [4.69, 9.17) is 5.26 Å². The van der Waals surface area contributed by atoms with Gasteiger partial charge in [0.15, 0.2) is 0 Å². The fourth-order valence-corrected chi connectivity index (χ4v) is 1.00. The summed E-state index contributed by atoms with van der Waals surface area (Å²) in [6.07, 6.45) is 2.83. The van der Waals surface area contributed by atoms with Crippen LogP contribution in [-0.2, 0) is 7.05 Å². The maximum atomic E-state index is 11.6. The minimum Gasteiger partial charge on any atom is -0.267 e. The summed E-state index contributed by atoms with van der Waals surface area (Å²) in [6.45, 7) is 7.08. The highest BCUT2D eigenvalue weighted by Crippen LogP contribution is 2.03. The summed E-state index contributed by atoms with van der Waals surface area (Å²) in [5.41, 5.74) is 0.611. The number of aliphatic imine (C=N–C) groups is 1. The molecule has 0 aromatic carbocycles. The summed E-state index contributed by atoms with van der Waals surface area (Å²) in [4.78, 5) is 15.4. The van der Waals surface area contributed by atoms with Crippen LogP contribution < -0.4 is 5.56 Å². The molecule has 1 heterocycles. The van der Waals surface area contributed by atoms with Crippen LogP contribution in [0.2, 0.25) is 0 Å². The van der Waals surface area contributed by atoms with Crippen molar-refractivity contribution < 1.29 is 0 Å². The molecule has 0 saturated heterocycles. The Balaban J connectivity index is 3.04. The first kappa shape index (κ1) is 11.6. The van der Waals surface area contributed by atoms with Gasteiger partial charge in [-0.2, -0.15) is 10.4 Å². The molecule has 1 aromatic heterocycles. The second kappa shape index (κ2) is 4.84. The van der Waals surface area contributed by atoms with Crippen molar-refractivity contribution in [3.63, 3.8) is 0 Å². The molecule has 5 heteroatoms. The van der Waals surface area contributed by atoms with E-state index in [1.165, 1.54) is 17.1 Å². The number of nitriles is 1. The maximum Gasteiger partial charge on any atom is 0.274 e. The predicted octanol–water partition coefficient (Wildman–Crippen LogP) is 0.902. The Morgan fingerprint density at radius 1 is 1.69 bits per heavy atom. The molecule has 16 heavy (non-hydrogen) atoms. The number of hydrogen-bond donors (Lipinski definition) is 0. The molecular formula is C11H10N4O. The largest absolute Gasteiger partial charge is 0.274 e. The minimum absolute atomic E-state index is 0.0621. The molecule has 0 bridgehead atoms. The normalized spacial score (nSPS) is 10.0. The van der Waals surface area contributed by atoms with Crippen LogP contribution in [0.25, 0.3) is 5.57 Å². The SMILES string of the molecule is C=C(C#N)N=CC(=C)c1ccnn(C)c1=O. The van der Waals surface area contributed by atoms with E-state index in [-0.39, 0.29) is 11.3 Å². The maximum absolute atomic E-state index is 11.6. The first-order chi connectivity index (χ1) is 7.56. The Hall–Kier alpha value is -2.48. The Labute approximate surface area is 92.7 Å². The van der Waals surface area contributed by atoms with Gasteiger partial charge >= 0.3 is 0 Å². The van der Waals surface area contributed by atoms with E-state index >= 15 is 0 Å². The molecule has 0 spiro atoms. The lowest BCUT2D eigenvalue weighted by Gasteiger charge is -2.00. The van der Waals surface area contributed by atoms with Crippen LogP contribution in [0.3, 0.4) is 0 Å². The van der Waals surface area contributed by atoms with Gasteiger partial charge in [-0.3, -0.25) is 4.79 Å². The molecular weight excluding hydrogens is 204 g/mol. The summed E-state index contributed by atoms with van der Waals surface area (Å²) in [7, 11) is 1.55. The van der Waals surface area contributed by atoms with E-state index in [1.54, 1.807) is 19.2 Å². The van der Waals surface area contributed by atoms with Crippen molar-refractivity contribution in [2.45, 2.75) is 0 Å². The predicted molar refractivity (Wildman–Crippen MR) is 61.8 cm³/mol. The lowest BCUT2D eigenvalue weighted by Crippen LogP contribution is -2.22. The molecule has 0 unspecified atom stereocenters. The monoisotopic (exact) mass is 214 g/mol. The third kappa shape index (κ3) is 2.51. The zero-order valence-electron chi connectivity index (χ0n) is 8.84. The summed E-state index contributed by atoms with van der Waals surface area (Å²) in [5, 5.41) is 12.2. The fourth-order valence-electron chi connectivity index (χ4n) is 1.00. The van der Waals surface area contributed by atoms with Gasteiger partial charge in [0.05, 0.1) is 5.56 Å². The Morgan fingerprint density at radius 2 is 2.38 bits per heavy atom. The van der Waals surface area contributed by atoms with E-state index in [9.17, 15) is 4.79 Å². The van der Waals surface area contributed by atoms with Gasteiger partial charge in [-0.15, -0.1) is 0 Å². The zero-order chi connectivity index (χ0) is 12.1. The molecule has 0 radical (unpaired) electrons. The standard InChI is InChI=1S/C11H10N4O/c1-8(7-13-9(2)6-12)10-4-5-14-15(3)11(10)16/h4-5,7H,1-2H2,3H3. The zero-order valence-corrected chi connectivity index (χ0v) is 8.84. The fraction of sp³-hybridized carbons (Fsp3) is 0.0909. The minimum atomic E-state index is -0.262. The second-order valence-corrected chi connectivity index (χ2v) is 3.02. The number of aryl methyl sites for hydroxylation is 1. The lowest BCUT2D eigenvalue weighted by atomic mass is 10.1. The molecule has 0 saturated carbocycles. The summed E-state index contributed by atoms with van der Waals surface area (Å²) >= 11 is 0. The van der Waals surface area contributed by atoms with Crippen molar-refractivity contribution in [2.75, 3.05) is 0 Å². The number of nitrogens with zero attached hydrogens (tertiary/aromatic N) is 4. The molecule has 0 N–H and O–H groups in total. The van der Waals surface area contributed by atoms with Crippen LogP contribution in [0.1, 0.15) is 5.56 Å². The Morgan fingerprint density at radius 3 is 3.00 bits per heavy atom. The van der Waals surface area contributed by atoms with Crippen molar-refractivity contribution in [3.05, 3.63) is 47.0 Å². The smallest absolute Gasteiger partial charge is 0.267 e. The van der Waals surface area contributed by atoms with Crippen LogP contribution in [0.5, 0.6) is 0 Å². The van der Waals surface area contributed by atoms with Gasteiger partial charge in [-0.25, -0.2) is 9.67 Å². The molecule has 1 rings (SSSR count). The number of hydrogen-bond acceptors (Lipinski definition) is 4. The van der Waals surface area contributed by atoms with Gasteiger partial charge in [0.25, 0.3) is 5.56 Å². The van der Waals surface area contributed by atoms with Gasteiger partial charge < -0.3 is 0 Å². The first-order valence-corrected chi connectivity index (χ1v) is 4.41. The number of allylic oxidation sites excluding steroid dienone is 2. The average Bonchev–Trinajstić information content (AvgIpc) is 2.29. The first-order valence-electron chi connectivity index (χ1n) is 4.41. The van der Waals surface area contributed by atoms with Crippen molar-refractivity contribution in [2.24, 2.45) is 12.0 Å². The molecule has 5 nitrogen and oxygen atoms in total. The van der Waals surface area contributed by atoms with Crippen molar-refractivity contribution in [1.29, 1.82) is 5.26 Å². The van der Waals surface area contributed by atoms with E-state index in [1.807, 2.05) is 0 Å². The Kier molecular flexibility index (Phi) is 3.51. The van der Waals surface area contributed by atoms with Gasteiger partial charge in [-0.1, -0.05) is 13.2 Å². The van der Waals surface area contributed by atoms with E-state index in [2.05, 4.69) is 23.2 Å². The van der Waals surface area contributed by atoms with Crippen molar-refractivity contribution in [1.82, 2.24) is 9.78 Å². The van der Waals surface area contributed by atoms with Gasteiger partial charge in [-0.05, 0) is 11.6 Å². The highest BCUT2D eigenvalue weighted by Gasteiger charge is 2.03. The van der Waals surface area contributed by atoms with Crippen LogP contribution in [0.4, 0.5) is 0 Å². The molecule has 0 atom stereocenters. The summed E-state index contributed by atoms with van der Waals surface area (Å²) in [5.74, 6) is 0. The third-order valence-electron chi connectivity index (χ3n) is 1.86. The summed E-state index contributed by atoms with van der Waals surface area (Å²) < 4.78 is 1.20. The molecule has 1 aromatic rings. The Bertz CT molecular complexity index is 560. The topological polar surface area (TPSA) is 71.0 Å². The molecule has 80 valence electrons. The van der Waals surface area contributed by atoms with Crippen LogP contribution in [0.15, 0.2) is 40.9 Å². The van der Waals surface area contributed by atoms with Crippen LogP contribution >= 0.6 is 0 Å². The lowest BCUT2D eigenvalue weighted by molar-refractivity contribution is 0.705. The van der Waals surface area contributed by atoms with E-state index < -0.39 is 0 Å². The van der Waals surface area contributed by atoms with Crippen molar-refractivity contribution in [3.8, 4) is 6.07 Å². The van der Waals surface area contributed by atoms with Crippen molar-refractivity contribution >= 4 is 11.8 Å². The van der Waals surface area contributed by atoms with E-state index in [0.717, 1.165) is 0 Å². The quantitative estimate of drug-likeness (QED) is 0.554. The van der Waals surface area contributed by atoms with Gasteiger partial charge in [0.2, 0.25) is 0 Å². The average molecular weight is 214 g/mol. The molecule has 0 amide bonds. The third-order valence-corrected chi connectivity index (χ3v) is 1.86. The number of aromatic nitrogens is 2. The number of rotatable bonds is 3. The molecule has 0 aliphatic heterocycles. The second-order valence-electron chi connectivity index (χ2n) is 3.02. The highest BCUT2D eigenvalue weighted by molar-refractivity contribution is 6.08. The molecule has 0 aliphatic rings. The van der Waals surface area contributed by atoms with Crippen LogP contribution in [0, 0.1) is 11.3 Å². The van der Waals surface area contributed by atoms with Crippen LogP contribution in [-0.4, -0.2) is 16.0 Å². The molecule has 0 fully saturated rings. The van der Waals surface area contributed by atoms with Gasteiger partial charge in [0.1, 0.15) is 11.8 Å². The van der Waals surface area contributed by atoms with E-state index in [0.29, 0.717) is 11.1 Å².